The van der Waals surface area contributed by atoms with Crippen LogP contribution in [-0.4, -0.2) is 48.5 Å². The standard InChI is InChI=1S/C28H40N3O4P/c1-18-11-19-13-20(12-18)15-23(14-19)30-21-5-4-6-22(30)17-24(16-21)31-27-8-3-2-7-25(27)29-26(28(31)32)9-10-36(33,34)35/h2-3,7-8,18-24H,4-6,9-17H2,1H3,(H2,33,34,35)/t18?,19-,20-,21+,22+,23?/m1/s1. The molecule has 2 saturated heterocycles. The summed E-state index contributed by atoms with van der Waals surface area (Å²) in [5.74, 6) is 2.66. The first-order valence-electron chi connectivity index (χ1n) is 14.1. The zero-order valence-corrected chi connectivity index (χ0v) is 22.2. The van der Waals surface area contributed by atoms with Crippen molar-refractivity contribution in [2.45, 2.75) is 102 Å². The van der Waals surface area contributed by atoms with Gasteiger partial charge in [-0.3, -0.25) is 14.3 Å². The first-order chi connectivity index (χ1) is 17.2. The van der Waals surface area contributed by atoms with Crippen LogP contribution in [0.15, 0.2) is 29.1 Å². The van der Waals surface area contributed by atoms with Gasteiger partial charge in [0.2, 0.25) is 0 Å². The molecule has 4 aliphatic rings. The molecule has 2 N–H and O–H groups in total. The molecule has 2 saturated carbocycles. The van der Waals surface area contributed by atoms with Gasteiger partial charge in [-0.2, -0.15) is 0 Å². The number of rotatable bonds is 5. The van der Waals surface area contributed by atoms with E-state index in [1.165, 1.54) is 51.4 Å². The molecule has 8 heteroatoms. The number of hydrogen-bond donors (Lipinski definition) is 2. The smallest absolute Gasteiger partial charge is 0.324 e. The third-order valence-electron chi connectivity index (χ3n) is 9.64. The lowest BCUT2D eigenvalue weighted by atomic mass is 9.65. The summed E-state index contributed by atoms with van der Waals surface area (Å²) in [4.78, 5) is 40.0. The highest BCUT2D eigenvalue weighted by Gasteiger charge is 2.46. The molecule has 2 aliphatic heterocycles. The maximum Gasteiger partial charge on any atom is 0.325 e. The summed E-state index contributed by atoms with van der Waals surface area (Å²) in [6.45, 7) is 2.44. The van der Waals surface area contributed by atoms with E-state index in [2.05, 4.69) is 16.8 Å². The summed E-state index contributed by atoms with van der Waals surface area (Å²) in [6, 6.07) is 9.58. The van der Waals surface area contributed by atoms with Crippen LogP contribution in [0.25, 0.3) is 11.0 Å². The number of aryl methyl sites for hydroxylation is 1. The van der Waals surface area contributed by atoms with Crippen LogP contribution in [0, 0.1) is 17.8 Å². The highest BCUT2D eigenvalue weighted by Crippen LogP contribution is 2.48. The molecule has 196 valence electrons. The normalized spacial score (nSPS) is 35.1. The lowest BCUT2D eigenvalue weighted by Crippen LogP contribution is -2.59. The Balaban J connectivity index is 1.30. The number of benzene rings is 1. The van der Waals surface area contributed by atoms with Crippen molar-refractivity contribution in [3.05, 3.63) is 40.3 Å². The van der Waals surface area contributed by atoms with E-state index in [4.69, 9.17) is 0 Å². The Morgan fingerprint density at radius 3 is 2.25 bits per heavy atom. The molecule has 2 aromatic rings. The predicted octanol–water partition coefficient (Wildman–Crippen LogP) is 4.89. The molecule has 1 aromatic carbocycles. The lowest BCUT2D eigenvalue weighted by Gasteiger charge is -2.55. The average Bonchev–Trinajstić information content (AvgIpc) is 2.80. The molecule has 0 unspecified atom stereocenters. The topological polar surface area (TPSA) is 95.7 Å². The first kappa shape index (κ1) is 24.8. The van der Waals surface area contributed by atoms with E-state index in [-0.39, 0.29) is 29.9 Å². The summed E-state index contributed by atoms with van der Waals surface area (Å²) in [6.07, 6.45) is 12.2. The average molecular weight is 514 g/mol. The molecule has 1 aromatic heterocycles. The minimum Gasteiger partial charge on any atom is -0.324 e. The molecule has 4 bridgehead atoms. The Bertz CT molecular complexity index is 1190. The van der Waals surface area contributed by atoms with E-state index >= 15 is 0 Å². The van der Waals surface area contributed by atoms with E-state index in [1.54, 1.807) is 0 Å². The Hall–Kier alpha value is -1.53. The SMILES string of the molecule is CC1C[C@H]2CC(N3[C@H]4CCC[C@H]3CC(n3c(=O)c(CCP(=O)(O)O)nc5ccccc53)C4)C[C@H](C1)C2. The van der Waals surface area contributed by atoms with Crippen LogP contribution in [-0.2, 0) is 11.0 Å². The monoisotopic (exact) mass is 513 g/mol. The van der Waals surface area contributed by atoms with Crippen molar-refractivity contribution in [1.82, 2.24) is 14.5 Å². The van der Waals surface area contributed by atoms with Crippen molar-refractivity contribution in [2.24, 2.45) is 17.8 Å². The van der Waals surface area contributed by atoms with Gasteiger partial charge in [0.1, 0.15) is 5.69 Å². The lowest BCUT2D eigenvalue weighted by molar-refractivity contribution is -0.0525. The maximum absolute atomic E-state index is 13.7. The van der Waals surface area contributed by atoms with Gasteiger partial charge in [-0.25, -0.2) is 4.98 Å². The molecule has 7 nitrogen and oxygen atoms in total. The molecule has 4 fully saturated rings. The first-order valence-corrected chi connectivity index (χ1v) is 15.9. The largest absolute Gasteiger partial charge is 0.325 e. The Labute approximate surface area is 213 Å². The van der Waals surface area contributed by atoms with Crippen LogP contribution in [0.3, 0.4) is 0 Å². The van der Waals surface area contributed by atoms with Crippen molar-refractivity contribution in [1.29, 1.82) is 0 Å². The fourth-order valence-corrected chi connectivity index (χ4v) is 9.07. The van der Waals surface area contributed by atoms with Gasteiger partial charge in [0.15, 0.2) is 0 Å². The second kappa shape index (κ2) is 9.65. The van der Waals surface area contributed by atoms with E-state index in [9.17, 15) is 19.1 Å². The molecule has 2 aliphatic carbocycles. The highest BCUT2D eigenvalue weighted by atomic mass is 31.2. The van der Waals surface area contributed by atoms with Gasteiger partial charge in [0, 0.05) is 30.6 Å². The van der Waals surface area contributed by atoms with E-state index in [1.807, 2.05) is 28.8 Å². The summed E-state index contributed by atoms with van der Waals surface area (Å²) < 4.78 is 13.5. The van der Waals surface area contributed by atoms with Crippen LogP contribution in [0.4, 0.5) is 0 Å². The molecule has 0 radical (unpaired) electrons. The van der Waals surface area contributed by atoms with Crippen molar-refractivity contribution in [3.8, 4) is 0 Å². The molecule has 3 heterocycles. The summed E-state index contributed by atoms with van der Waals surface area (Å²) in [5, 5.41) is 0. The van der Waals surface area contributed by atoms with Gasteiger partial charge in [0.25, 0.3) is 5.56 Å². The van der Waals surface area contributed by atoms with Crippen LogP contribution in [0.2, 0.25) is 0 Å². The zero-order valence-electron chi connectivity index (χ0n) is 21.3. The van der Waals surface area contributed by atoms with Crippen molar-refractivity contribution in [2.75, 3.05) is 6.16 Å². The third-order valence-corrected chi connectivity index (χ3v) is 10.5. The van der Waals surface area contributed by atoms with Crippen molar-refractivity contribution >= 4 is 18.6 Å². The van der Waals surface area contributed by atoms with Gasteiger partial charge in [-0.05, 0) is 87.7 Å². The second-order valence-electron chi connectivity index (χ2n) is 12.3. The van der Waals surface area contributed by atoms with Gasteiger partial charge in [0.05, 0.1) is 17.2 Å². The number of nitrogens with zero attached hydrogens (tertiary/aromatic N) is 3. The molecule has 6 rings (SSSR count). The van der Waals surface area contributed by atoms with Crippen molar-refractivity contribution < 1.29 is 14.4 Å². The summed E-state index contributed by atoms with van der Waals surface area (Å²) >= 11 is 0. The van der Waals surface area contributed by atoms with Crippen LogP contribution >= 0.6 is 7.60 Å². The number of para-hydroxylation sites is 2. The van der Waals surface area contributed by atoms with Gasteiger partial charge in [-0.1, -0.05) is 25.5 Å². The zero-order chi connectivity index (χ0) is 25.0. The minimum atomic E-state index is -4.21. The Morgan fingerprint density at radius 2 is 1.58 bits per heavy atom. The van der Waals surface area contributed by atoms with Gasteiger partial charge >= 0.3 is 7.60 Å². The van der Waals surface area contributed by atoms with Crippen LogP contribution in [0.5, 0.6) is 0 Å². The highest BCUT2D eigenvalue weighted by molar-refractivity contribution is 7.51. The second-order valence-corrected chi connectivity index (χ2v) is 14.1. The molecule has 0 amide bonds. The van der Waals surface area contributed by atoms with E-state index < -0.39 is 7.60 Å². The number of fused-ring (bicyclic) bond motifs is 5. The quantitative estimate of drug-likeness (QED) is 0.553. The third kappa shape index (κ3) is 4.84. The molecule has 4 atom stereocenters. The molecule has 36 heavy (non-hydrogen) atoms. The Morgan fingerprint density at radius 1 is 0.917 bits per heavy atom. The van der Waals surface area contributed by atoms with Crippen LogP contribution in [0.1, 0.15) is 82.9 Å². The van der Waals surface area contributed by atoms with Gasteiger partial charge < -0.3 is 14.4 Å². The summed E-state index contributed by atoms with van der Waals surface area (Å²) in [5.41, 5.74) is 1.69. The predicted molar refractivity (Wildman–Crippen MR) is 141 cm³/mol. The number of piperidine rings is 2. The maximum atomic E-state index is 13.7. The summed E-state index contributed by atoms with van der Waals surface area (Å²) in [7, 11) is -4.21. The fraction of sp³-hybridized carbons (Fsp3) is 0.714. The van der Waals surface area contributed by atoms with Crippen LogP contribution < -0.4 is 5.56 Å². The fourth-order valence-electron chi connectivity index (χ4n) is 8.57. The minimum absolute atomic E-state index is 0.00290. The number of aromatic nitrogens is 2. The molecular weight excluding hydrogens is 473 g/mol. The van der Waals surface area contributed by atoms with E-state index in [0.717, 1.165) is 41.6 Å². The van der Waals surface area contributed by atoms with E-state index in [0.29, 0.717) is 18.1 Å². The van der Waals surface area contributed by atoms with Crippen molar-refractivity contribution in [3.63, 3.8) is 0 Å². The Kier molecular flexibility index (Phi) is 6.64. The molecule has 0 spiro atoms. The van der Waals surface area contributed by atoms with Gasteiger partial charge in [-0.15, -0.1) is 0 Å². The number of hydrogen-bond acceptors (Lipinski definition) is 4. The molecular formula is C28H40N3O4P.